The number of carbonyl (C=O) groups is 4. The number of hydrogen-bond donors (Lipinski definition) is 7. The van der Waals surface area contributed by atoms with E-state index < -0.39 is 18.0 Å². The summed E-state index contributed by atoms with van der Waals surface area (Å²) >= 11 is 0. The Kier molecular flexibility index (Phi) is 13.2. The minimum absolute atomic E-state index is 0.104. The van der Waals surface area contributed by atoms with E-state index in [0.717, 1.165) is 16.7 Å². The molecule has 0 saturated heterocycles. The molecule has 0 fully saturated rings. The second-order valence-electron chi connectivity index (χ2n) is 9.97. The molecule has 0 unspecified atom stereocenters. The average Bonchev–Trinajstić information content (AvgIpc) is 3.01. The SMILES string of the molecule is CC(=O)NCCNC(=O)NC(N)=NCCC[C@@H](NC(=O)C(c1ccccc1)c1ccccc1)C(=O)NCc1ccc(O)cc1. The Hall–Kier alpha value is -5.39. The summed E-state index contributed by atoms with van der Waals surface area (Å²) in [6.45, 7) is 2.27. The van der Waals surface area contributed by atoms with Crippen LogP contribution in [0.2, 0.25) is 0 Å². The van der Waals surface area contributed by atoms with E-state index in [1.807, 2.05) is 60.7 Å². The number of nitrogens with one attached hydrogen (secondary N) is 5. The summed E-state index contributed by atoms with van der Waals surface area (Å²) in [5.41, 5.74) is 8.18. The highest BCUT2D eigenvalue weighted by Gasteiger charge is 2.27. The number of benzene rings is 3. The number of nitrogens with two attached hydrogens (primary N) is 1. The lowest BCUT2D eigenvalue weighted by Gasteiger charge is -2.23. The molecule has 3 rings (SSSR count). The van der Waals surface area contributed by atoms with Gasteiger partial charge in [-0.05, 0) is 41.7 Å². The number of nitrogens with zero attached hydrogens (tertiary/aromatic N) is 1. The van der Waals surface area contributed by atoms with E-state index in [1.54, 1.807) is 12.1 Å². The summed E-state index contributed by atoms with van der Waals surface area (Å²) in [6.07, 6.45) is 0.634. The molecule has 0 aliphatic heterocycles. The van der Waals surface area contributed by atoms with Crippen LogP contribution in [-0.4, -0.2) is 60.5 Å². The second kappa shape index (κ2) is 17.5. The summed E-state index contributed by atoms with van der Waals surface area (Å²) in [6, 6.07) is 23.7. The monoisotopic (exact) mass is 601 g/mol. The predicted octanol–water partition coefficient (Wildman–Crippen LogP) is 1.86. The molecule has 12 nitrogen and oxygen atoms in total. The number of phenols is 1. The summed E-state index contributed by atoms with van der Waals surface area (Å²) in [5, 5.41) is 22.8. The highest BCUT2D eigenvalue weighted by atomic mass is 16.3. The van der Waals surface area contributed by atoms with Crippen molar-refractivity contribution in [2.45, 2.75) is 38.3 Å². The maximum atomic E-state index is 13.7. The van der Waals surface area contributed by atoms with Crippen LogP contribution >= 0.6 is 0 Å². The van der Waals surface area contributed by atoms with Crippen molar-refractivity contribution in [3.63, 3.8) is 0 Å². The van der Waals surface area contributed by atoms with E-state index in [1.165, 1.54) is 19.1 Å². The van der Waals surface area contributed by atoms with E-state index in [4.69, 9.17) is 5.73 Å². The van der Waals surface area contributed by atoms with Gasteiger partial charge in [0.1, 0.15) is 11.8 Å². The van der Waals surface area contributed by atoms with E-state index in [-0.39, 0.29) is 62.0 Å². The first-order valence-electron chi connectivity index (χ1n) is 14.3. The molecule has 0 aromatic heterocycles. The zero-order valence-corrected chi connectivity index (χ0v) is 24.6. The van der Waals surface area contributed by atoms with Crippen LogP contribution < -0.4 is 32.3 Å². The minimum atomic E-state index is -0.879. The van der Waals surface area contributed by atoms with Crippen molar-refractivity contribution in [1.29, 1.82) is 0 Å². The number of aliphatic imine (C=N–C) groups is 1. The van der Waals surface area contributed by atoms with Gasteiger partial charge in [0.25, 0.3) is 0 Å². The number of rotatable bonds is 14. The minimum Gasteiger partial charge on any atom is -0.508 e. The molecule has 44 heavy (non-hydrogen) atoms. The predicted molar refractivity (Wildman–Crippen MR) is 168 cm³/mol. The van der Waals surface area contributed by atoms with Crippen molar-refractivity contribution in [3.8, 4) is 5.75 Å². The molecule has 0 bridgehead atoms. The number of aromatic hydroxyl groups is 1. The highest BCUT2D eigenvalue weighted by Crippen LogP contribution is 2.25. The molecule has 5 amide bonds. The maximum Gasteiger partial charge on any atom is 0.321 e. The number of amides is 5. The van der Waals surface area contributed by atoms with E-state index >= 15 is 0 Å². The molecule has 0 aliphatic carbocycles. The quantitative estimate of drug-likeness (QED) is 0.0839. The van der Waals surface area contributed by atoms with Crippen molar-refractivity contribution < 1.29 is 24.3 Å². The Labute approximate surface area is 256 Å². The molecule has 12 heteroatoms. The molecule has 0 spiro atoms. The third kappa shape index (κ3) is 11.5. The maximum absolute atomic E-state index is 13.7. The summed E-state index contributed by atoms with van der Waals surface area (Å²) in [7, 11) is 0. The van der Waals surface area contributed by atoms with E-state index in [2.05, 4.69) is 31.6 Å². The zero-order chi connectivity index (χ0) is 31.7. The van der Waals surface area contributed by atoms with E-state index in [9.17, 15) is 24.3 Å². The van der Waals surface area contributed by atoms with Gasteiger partial charge in [0, 0.05) is 33.1 Å². The van der Waals surface area contributed by atoms with Gasteiger partial charge in [-0.25, -0.2) is 4.79 Å². The standard InChI is InChI=1S/C32H39N7O5/c1-22(40)34-19-20-36-32(44)39-31(33)35-18-8-13-27(29(42)37-21-23-14-16-26(41)17-15-23)38-30(43)28(24-9-4-2-5-10-24)25-11-6-3-7-12-25/h2-7,9-12,14-17,27-28,41H,8,13,18-21H2,1H3,(H,34,40)(H,37,42)(H,38,43)(H4,33,35,36,39,44)/t27-/m1/s1. The largest absolute Gasteiger partial charge is 0.508 e. The van der Waals surface area contributed by atoms with Crippen LogP contribution in [-0.2, 0) is 20.9 Å². The van der Waals surface area contributed by atoms with Gasteiger partial charge in [-0.3, -0.25) is 24.7 Å². The topological polar surface area (TPSA) is 187 Å². The number of carbonyl (C=O) groups excluding carboxylic acids is 4. The Balaban J connectivity index is 1.65. The van der Waals surface area contributed by atoms with Crippen molar-refractivity contribution in [2.24, 2.45) is 10.7 Å². The van der Waals surface area contributed by atoms with Crippen LogP contribution in [0.3, 0.4) is 0 Å². The van der Waals surface area contributed by atoms with Gasteiger partial charge in [0.15, 0.2) is 5.96 Å². The molecule has 1 atom stereocenters. The lowest BCUT2D eigenvalue weighted by atomic mass is 9.90. The lowest BCUT2D eigenvalue weighted by molar-refractivity contribution is -0.129. The number of hydrogen-bond acceptors (Lipinski definition) is 6. The molecule has 0 aliphatic rings. The number of phenolic OH excluding ortho intramolecular Hbond substituents is 1. The fraction of sp³-hybridized carbons (Fsp3) is 0.281. The van der Waals surface area contributed by atoms with E-state index in [0.29, 0.717) is 6.42 Å². The summed E-state index contributed by atoms with van der Waals surface area (Å²) < 4.78 is 0. The van der Waals surface area contributed by atoms with Gasteiger partial charge in [0.05, 0.1) is 5.92 Å². The van der Waals surface area contributed by atoms with Gasteiger partial charge in [-0.15, -0.1) is 0 Å². The highest BCUT2D eigenvalue weighted by molar-refractivity contribution is 5.95. The molecule has 3 aromatic rings. The Morgan fingerprint density at radius 2 is 1.39 bits per heavy atom. The average molecular weight is 602 g/mol. The molecule has 8 N–H and O–H groups in total. The summed E-state index contributed by atoms with van der Waals surface area (Å²) in [5.74, 6) is -1.52. The van der Waals surface area contributed by atoms with Crippen molar-refractivity contribution in [3.05, 3.63) is 102 Å². The molecule has 3 aromatic carbocycles. The fourth-order valence-electron chi connectivity index (χ4n) is 4.35. The molecule has 0 heterocycles. The molecule has 232 valence electrons. The van der Waals surface area contributed by atoms with Crippen LogP contribution in [0, 0.1) is 0 Å². The number of urea groups is 1. The summed E-state index contributed by atoms with van der Waals surface area (Å²) in [4.78, 5) is 54.1. The molecular weight excluding hydrogens is 562 g/mol. The first-order valence-corrected chi connectivity index (χ1v) is 14.3. The Morgan fingerprint density at radius 3 is 1.98 bits per heavy atom. The van der Waals surface area contributed by atoms with Gasteiger partial charge in [0.2, 0.25) is 17.7 Å². The lowest BCUT2D eigenvalue weighted by Crippen LogP contribution is -2.48. The van der Waals surface area contributed by atoms with Crippen LogP contribution in [0.5, 0.6) is 5.75 Å². The zero-order valence-electron chi connectivity index (χ0n) is 24.6. The Bertz CT molecular complexity index is 1360. The molecular formula is C32H39N7O5. The van der Waals surface area contributed by atoms with Gasteiger partial charge < -0.3 is 32.1 Å². The van der Waals surface area contributed by atoms with Crippen LogP contribution in [0.4, 0.5) is 4.79 Å². The molecule has 0 saturated carbocycles. The number of guanidine groups is 1. The van der Waals surface area contributed by atoms with Crippen LogP contribution in [0.15, 0.2) is 89.9 Å². The van der Waals surface area contributed by atoms with Gasteiger partial charge in [-0.1, -0.05) is 72.8 Å². The Morgan fingerprint density at radius 1 is 0.795 bits per heavy atom. The third-order valence-electron chi connectivity index (χ3n) is 6.52. The first-order chi connectivity index (χ1) is 21.2. The normalized spacial score (nSPS) is 11.7. The van der Waals surface area contributed by atoms with Crippen molar-refractivity contribution in [1.82, 2.24) is 26.6 Å². The van der Waals surface area contributed by atoms with Gasteiger partial charge in [-0.2, -0.15) is 0 Å². The van der Waals surface area contributed by atoms with Crippen molar-refractivity contribution in [2.75, 3.05) is 19.6 Å². The van der Waals surface area contributed by atoms with Gasteiger partial charge >= 0.3 is 6.03 Å². The smallest absolute Gasteiger partial charge is 0.321 e. The van der Waals surface area contributed by atoms with Crippen molar-refractivity contribution >= 4 is 29.7 Å². The van der Waals surface area contributed by atoms with Crippen LogP contribution in [0.25, 0.3) is 0 Å². The fourth-order valence-corrected chi connectivity index (χ4v) is 4.35. The van der Waals surface area contributed by atoms with Crippen LogP contribution in [0.1, 0.15) is 42.4 Å². The first kappa shape index (κ1) is 33.1. The molecule has 0 radical (unpaired) electrons. The second-order valence-corrected chi connectivity index (χ2v) is 9.97. The third-order valence-corrected chi connectivity index (χ3v) is 6.52.